The van der Waals surface area contributed by atoms with E-state index in [1.54, 1.807) is 24.3 Å². The van der Waals surface area contributed by atoms with Crippen molar-refractivity contribution in [2.24, 2.45) is 0 Å². The zero-order chi connectivity index (χ0) is 18.8. The maximum atomic E-state index is 14.3. The summed E-state index contributed by atoms with van der Waals surface area (Å²) in [5, 5.41) is 0. The number of carbonyl (C=O) groups is 1. The molecule has 1 N–H and O–H groups in total. The van der Waals surface area contributed by atoms with Crippen LogP contribution in [-0.2, 0) is 11.3 Å². The van der Waals surface area contributed by atoms with Crippen LogP contribution in [0.1, 0.15) is 15.9 Å². The van der Waals surface area contributed by atoms with Gasteiger partial charge in [0.2, 0.25) is 0 Å². The highest BCUT2D eigenvalue weighted by Crippen LogP contribution is 2.18. The van der Waals surface area contributed by atoms with E-state index in [4.69, 9.17) is 4.74 Å². The van der Waals surface area contributed by atoms with Crippen LogP contribution in [0.15, 0.2) is 46.0 Å². The van der Waals surface area contributed by atoms with Crippen LogP contribution in [0.3, 0.4) is 0 Å². The van der Waals surface area contributed by atoms with E-state index in [9.17, 15) is 18.8 Å². The summed E-state index contributed by atoms with van der Waals surface area (Å²) in [6, 6.07) is 9.08. The fraction of sp³-hybridized carbons (Fsp3) is 0.167. The van der Waals surface area contributed by atoms with E-state index in [2.05, 4.69) is 9.72 Å². The molecule has 0 spiro atoms. The van der Waals surface area contributed by atoms with Crippen LogP contribution in [0.4, 0.5) is 4.39 Å². The molecule has 0 saturated carbocycles. The van der Waals surface area contributed by atoms with Gasteiger partial charge in [0.1, 0.15) is 11.6 Å². The van der Waals surface area contributed by atoms with Gasteiger partial charge in [0.15, 0.2) is 0 Å². The third-order valence-electron chi connectivity index (χ3n) is 3.97. The molecule has 0 unspecified atom stereocenters. The fourth-order valence-corrected chi connectivity index (χ4v) is 2.63. The van der Waals surface area contributed by atoms with Crippen LogP contribution >= 0.6 is 0 Å². The van der Waals surface area contributed by atoms with Crippen LogP contribution in [0.2, 0.25) is 0 Å². The predicted octanol–water partition coefficient (Wildman–Crippen LogP) is 1.67. The lowest BCUT2D eigenvalue weighted by Gasteiger charge is -2.11. The molecule has 8 heteroatoms. The summed E-state index contributed by atoms with van der Waals surface area (Å²) in [7, 11) is 2.66. The third kappa shape index (κ3) is 3.08. The highest BCUT2D eigenvalue weighted by atomic mass is 19.1. The summed E-state index contributed by atoms with van der Waals surface area (Å²) >= 11 is 0. The van der Waals surface area contributed by atoms with E-state index < -0.39 is 22.9 Å². The van der Waals surface area contributed by atoms with E-state index in [-0.39, 0.29) is 23.1 Å². The standard InChI is InChI=1S/C18H15FN2O5/c1-25-11-5-3-10(4-6-11)9-21-15-8-13(19)12(18(24)26-2)7-14(15)20-16(22)17(21)23/h3-8H,9H2,1-2H3,(H,20,22). The molecule has 1 heterocycles. The van der Waals surface area contributed by atoms with Crippen LogP contribution in [0.5, 0.6) is 5.75 Å². The lowest BCUT2D eigenvalue weighted by molar-refractivity contribution is 0.0595. The Kier molecular flexibility index (Phi) is 4.57. The molecular weight excluding hydrogens is 343 g/mol. The second-order valence-electron chi connectivity index (χ2n) is 5.53. The second kappa shape index (κ2) is 6.83. The molecule has 3 aromatic rings. The maximum Gasteiger partial charge on any atom is 0.340 e. The number of ether oxygens (including phenoxy) is 2. The van der Waals surface area contributed by atoms with Gasteiger partial charge in [-0.15, -0.1) is 0 Å². The first-order valence-corrected chi connectivity index (χ1v) is 7.62. The molecule has 0 amide bonds. The Balaban J connectivity index is 2.18. The van der Waals surface area contributed by atoms with Gasteiger partial charge in [-0.3, -0.25) is 14.2 Å². The zero-order valence-electron chi connectivity index (χ0n) is 14.0. The molecule has 0 atom stereocenters. The summed E-state index contributed by atoms with van der Waals surface area (Å²) in [6.45, 7) is 0.0558. The Bertz CT molecular complexity index is 1100. The monoisotopic (exact) mass is 358 g/mol. The predicted molar refractivity (Wildman–Crippen MR) is 92.2 cm³/mol. The molecule has 134 valence electrons. The second-order valence-corrected chi connectivity index (χ2v) is 5.53. The Hall–Kier alpha value is -3.42. The Morgan fingerprint density at radius 3 is 2.46 bits per heavy atom. The smallest absolute Gasteiger partial charge is 0.340 e. The van der Waals surface area contributed by atoms with Gasteiger partial charge in [-0.25, -0.2) is 9.18 Å². The van der Waals surface area contributed by atoms with E-state index in [0.29, 0.717) is 5.75 Å². The molecule has 2 aromatic carbocycles. The van der Waals surface area contributed by atoms with Crippen LogP contribution in [0, 0.1) is 5.82 Å². The van der Waals surface area contributed by atoms with E-state index in [1.807, 2.05) is 0 Å². The van der Waals surface area contributed by atoms with Crippen molar-refractivity contribution in [1.82, 2.24) is 9.55 Å². The first-order valence-electron chi connectivity index (χ1n) is 7.62. The summed E-state index contributed by atoms with van der Waals surface area (Å²) in [4.78, 5) is 38.2. The van der Waals surface area contributed by atoms with E-state index in [1.165, 1.54) is 7.11 Å². The van der Waals surface area contributed by atoms with Gasteiger partial charge >= 0.3 is 17.1 Å². The average molecular weight is 358 g/mol. The van der Waals surface area contributed by atoms with Crippen molar-refractivity contribution in [3.8, 4) is 5.75 Å². The number of methoxy groups -OCH3 is 2. The summed E-state index contributed by atoms with van der Waals surface area (Å²) < 4.78 is 25.0. The molecule has 0 fully saturated rings. The van der Waals surface area contributed by atoms with Crippen molar-refractivity contribution in [2.45, 2.75) is 6.54 Å². The number of aromatic nitrogens is 2. The van der Waals surface area contributed by atoms with Crippen LogP contribution < -0.4 is 15.9 Å². The zero-order valence-corrected chi connectivity index (χ0v) is 14.0. The highest BCUT2D eigenvalue weighted by Gasteiger charge is 2.17. The summed E-state index contributed by atoms with van der Waals surface area (Å²) in [5.41, 5.74) is -0.977. The minimum absolute atomic E-state index is 0.0558. The van der Waals surface area contributed by atoms with Crippen molar-refractivity contribution >= 4 is 17.0 Å². The lowest BCUT2D eigenvalue weighted by atomic mass is 10.1. The number of halogens is 1. The molecule has 26 heavy (non-hydrogen) atoms. The molecule has 0 aliphatic carbocycles. The molecule has 7 nitrogen and oxygen atoms in total. The number of nitrogens with one attached hydrogen (secondary N) is 1. The maximum absolute atomic E-state index is 14.3. The van der Waals surface area contributed by atoms with Crippen molar-refractivity contribution in [2.75, 3.05) is 14.2 Å². The molecule has 3 rings (SSSR count). The van der Waals surface area contributed by atoms with Gasteiger partial charge in [0, 0.05) is 6.07 Å². The number of esters is 1. The highest BCUT2D eigenvalue weighted by molar-refractivity contribution is 5.93. The number of H-pyrrole nitrogens is 1. The molecular formula is C18H15FN2O5. The number of carbonyl (C=O) groups excluding carboxylic acids is 1. The SMILES string of the molecule is COC(=O)c1cc2[nH]c(=O)c(=O)n(Cc3ccc(OC)cc3)c2cc1F. The summed E-state index contributed by atoms with van der Waals surface area (Å²) in [5.74, 6) is -1.08. The Labute approximate surface area is 146 Å². The van der Waals surface area contributed by atoms with Gasteiger partial charge in [-0.1, -0.05) is 12.1 Å². The number of fused-ring (bicyclic) bond motifs is 1. The van der Waals surface area contributed by atoms with Gasteiger partial charge in [0.05, 0.1) is 37.4 Å². The number of hydrogen-bond donors (Lipinski definition) is 1. The number of nitrogens with zero attached hydrogens (tertiary/aromatic N) is 1. The van der Waals surface area contributed by atoms with Crippen LogP contribution in [0.25, 0.3) is 11.0 Å². The lowest BCUT2D eigenvalue weighted by Crippen LogP contribution is -2.36. The minimum Gasteiger partial charge on any atom is -0.497 e. The average Bonchev–Trinajstić information content (AvgIpc) is 2.65. The normalized spacial score (nSPS) is 10.7. The molecule has 1 aromatic heterocycles. The first kappa shape index (κ1) is 17.4. The first-order chi connectivity index (χ1) is 12.4. The molecule has 0 aliphatic rings. The van der Waals surface area contributed by atoms with Crippen molar-refractivity contribution < 1.29 is 18.7 Å². The molecule has 0 radical (unpaired) electrons. The third-order valence-corrected chi connectivity index (χ3v) is 3.97. The Morgan fingerprint density at radius 1 is 1.15 bits per heavy atom. The molecule has 0 aliphatic heterocycles. The quantitative estimate of drug-likeness (QED) is 0.566. The number of hydrogen-bond acceptors (Lipinski definition) is 5. The fourth-order valence-electron chi connectivity index (χ4n) is 2.63. The van der Waals surface area contributed by atoms with Gasteiger partial charge < -0.3 is 14.5 Å². The molecule has 0 bridgehead atoms. The van der Waals surface area contributed by atoms with Crippen molar-refractivity contribution in [3.05, 3.63) is 74.0 Å². The number of aromatic amines is 1. The van der Waals surface area contributed by atoms with Crippen LogP contribution in [-0.4, -0.2) is 29.7 Å². The van der Waals surface area contributed by atoms with Gasteiger partial charge in [-0.2, -0.15) is 0 Å². The van der Waals surface area contributed by atoms with Crippen molar-refractivity contribution in [1.29, 1.82) is 0 Å². The number of rotatable bonds is 4. The Morgan fingerprint density at radius 2 is 1.85 bits per heavy atom. The van der Waals surface area contributed by atoms with Gasteiger partial charge in [0.25, 0.3) is 0 Å². The number of benzene rings is 2. The van der Waals surface area contributed by atoms with E-state index in [0.717, 1.165) is 29.4 Å². The topological polar surface area (TPSA) is 90.4 Å². The van der Waals surface area contributed by atoms with Crippen molar-refractivity contribution in [3.63, 3.8) is 0 Å². The summed E-state index contributed by atoms with van der Waals surface area (Å²) in [6.07, 6.45) is 0. The van der Waals surface area contributed by atoms with E-state index >= 15 is 0 Å². The van der Waals surface area contributed by atoms with Gasteiger partial charge in [-0.05, 0) is 23.8 Å². The largest absolute Gasteiger partial charge is 0.497 e. The minimum atomic E-state index is -0.877. The molecule has 0 saturated heterocycles.